The molecule has 0 spiro atoms. The van der Waals surface area contributed by atoms with Gasteiger partial charge in [0.2, 0.25) is 0 Å². The summed E-state index contributed by atoms with van der Waals surface area (Å²) in [5.41, 5.74) is -0.517. The minimum absolute atomic E-state index is 0.164. The first-order valence-electron chi connectivity index (χ1n) is 4.53. The molecular weight excluding hydrogens is 154 g/mol. The fourth-order valence-electron chi connectivity index (χ4n) is 2.25. The Balaban J connectivity index is 2.22. The number of ketones is 1. The van der Waals surface area contributed by atoms with Crippen LogP contribution in [0, 0.1) is 0 Å². The molecule has 3 heteroatoms. The molecule has 0 N–H and O–H groups in total. The van der Waals surface area contributed by atoms with Gasteiger partial charge in [-0.3, -0.25) is 9.69 Å². The first-order valence-corrected chi connectivity index (χ1v) is 4.53. The van der Waals surface area contributed by atoms with Gasteiger partial charge < -0.3 is 4.74 Å². The van der Waals surface area contributed by atoms with Crippen LogP contribution < -0.4 is 0 Å². The van der Waals surface area contributed by atoms with Crippen molar-refractivity contribution in [1.82, 2.24) is 4.90 Å². The van der Waals surface area contributed by atoms with Crippen LogP contribution in [-0.2, 0) is 9.53 Å². The van der Waals surface area contributed by atoms with E-state index in [1.54, 1.807) is 6.92 Å². The molecular formula is C9H15NO2. The Hall–Kier alpha value is -0.410. The smallest absolute Gasteiger partial charge is 0.162 e. The molecule has 2 heterocycles. The predicted molar refractivity (Wildman–Crippen MR) is 44.8 cm³/mol. The summed E-state index contributed by atoms with van der Waals surface area (Å²) in [6.45, 7) is 5.28. The van der Waals surface area contributed by atoms with E-state index >= 15 is 0 Å². The lowest BCUT2D eigenvalue weighted by Crippen LogP contribution is -2.45. The maximum atomic E-state index is 11.4. The largest absolute Gasteiger partial charge is 0.350 e. The number of fused-ring (bicyclic) bond motifs is 1. The maximum Gasteiger partial charge on any atom is 0.162 e. The zero-order valence-corrected chi connectivity index (χ0v) is 7.67. The average molecular weight is 169 g/mol. The van der Waals surface area contributed by atoms with Crippen LogP contribution in [0.3, 0.4) is 0 Å². The van der Waals surface area contributed by atoms with Gasteiger partial charge in [-0.1, -0.05) is 0 Å². The molecule has 12 heavy (non-hydrogen) atoms. The lowest BCUT2D eigenvalue weighted by molar-refractivity contribution is -0.135. The molecule has 2 rings (SSSR count). The monoisotopic (exact) mass is 169 g/mol. The number of carbonyl (C=O) groups is 1. The molecule has 0 aromatic rings. The SMILES string of the molecule is CC(=O)[C@]1(C)OCN2CCC[C@H]21. The first kappa shape index (κ1) is 8.20. The number of hydrogen-bond donors (Lipinski definition) is 0. The second-order valence-corrected chi connectivity index (χ2v) is 3.91. The third-order valence-electron chi connectivity index (χ3n) is 3.23. The average Bonchev–Trinajstić information content (AvgIpc) is 2.54. The van der Waals surface area contributed by atoms with Crippen LogP contribution in [-0.4, -0.2) is 35.6 Å². The number of ether oxygens (including phenoxy) is 1. The number of Topliss-reactive ketones (excluding diaryl/α,β-unsaturated/α-hetero) is 1. The van der Waals surface area contributed by atoms with Gasteiger partial charge in [0, 0.05) is 12.6 Å². The van der Waals surface area contributed by atoms with Crippen LogP contribution in [0.4, 0.5) is 0 Å². The molecule has 0 amide bonds. The van der Waals surface area contributed by atoms with Gasteiger partial charge in [0.1, 0.15) is 12.3 Å². The van der Waals surface area contributed by atoms with Crippen molar-refractivity contribution in [3.05, 3.63) is 0 Å². The van der Waals surface area contributed by atoms with Crippen molar-refractivity contribution in [3.8, 4) is 0 Å². The fourth-order valence-corrected chi connectivity index (χ4v) is 2.25. The van der Waals surface area contributed by atoms with E-state index in [2.05, 4.69) is 4.90 Å². The van der Waals surface area contributed by atoms with Gasteiger partial charge in [0.05, 0.1) is 0 Å². The van der Waals surface area contributed by atoms with Gasteiger partial charge >= 0.3 is 0 Å². The molecule has 2 aliphatic heterocycles. The minimum Gasteiger partial charge on any atom is -0.350 e. The van der Waals surface area contributed by atoms with Crippen LogP contribution in [0.5, 0.6) is 0 Å². The third kappa shape index (κ3) is 0.930. The van der Waals surface area contributed by atoms with Crippen molar-refractivity contribution in [1.29, 1.82) is 0 Å². The highest BCUT2D eigenvalue weighted by molar-refractivity contribution is 5.85. The van der Waals surface area contributed by atoms with Gasteiger partial charge in [-0.25, -0.2) is 0 Å². The molecule has 2 fully saturated rings. The van der Waals surface area contributed by atoms with Crippen molar-refractivity contribution in [2.75, 3.05) is 13.3 Å². The number of nitrogens with zero attached hydrogens (tertiary/aromatic N) is 1. The van der Waals surface area contributed by atoms with Gasteiger partial charge in [-0.2, -0.15) is 0 Å². The van der Waals surface area contributed by atoms with Crippen molar-refractivity contribution in [2.24, 2.45) is 0 Å². The molecule has 68 valence electrons. The van der Waals surface area contributed by atoms with Crippen molar-refractivity contribution in [2.45, 2.75) is 38.3 Å². The number of carbonyl (C=O) groups excluding carboxylic acids is 1. The van der Waals surface area contributed by atoms with E-state index in [0.717, 1.165) is 13.0 Å². The summed E-state index contributed by atoms with van der Waals surface area (Å²) in [7, 11) is 0. The van der Waals surface area contributed by atoms with E-state index in [4.69, 9.17) is 4.74 Å². The summed E-state index contributed by atoms with van der Waals surface area (Å²) in [6, 6.07) is 0.343. The van der Waals surface area contributed by atoms with Gasteiger partial charge in [0.25, 0.3) is 0 Å². The number of rotatable bonds is 1. The molecule has 0 saturated carbocycles. The van der Waals surface area contributed by atoms with Gasteiger partial charge in [0.15, 0.2) is 5.78 Å². The normalized spacial score (nSPS) is 41.7. The van der Waals surface area contributed by atoms with Crippen LogP contribution >= 0.6 is 0 Å². The van der Waals surface area contributed by atoms with Crippen LogP contribution in [0.2, 0.25) is 0 Å². The summed E-state index contributed by atoms with van der Waals surface area (Å²) in [6.07, 6.45) is 2.31. The zero-order valence-electron chi connectivity index (χ0n) is 7.67. The minimum atomic E-state index is -0.517. The maximum absolute atomic E-state index is 11.4. The predicted octanol–water partition coefficient (Wildman–Crippen LogP) is 0.786. The van der Waals surface area contributed by atoms with Crippen LogP contribution in [0.25, 0.3) is 0 Å². The zero-order chi connectivity index (χ0) is 8.77. The summed E-state index contributed by atoms with van der Waals surface area (Å²) >= 11 is 0. The molecule has 0 aliphatic carbocycles. The molecule has 2 atom stereocenters. The Bertz CT molecular complexity index is 217. The van der Waals surface area contributed by atoms with Crippen molar-refractivity contribution in [3.63, 3.8) is 0 Å². The second kappa shape index (κ2) is 2.54. The summed E-state index contributed by atoms with van der Waals surface area (Å²) < 4.78 is 5.55. The third-order valence-corrected chi connectivity index (χ3v) is 3.23. The van der Waals surface area contributed by atoms with Crippen LogP contribution in [0.15, 0.2) is 0 Å². The van der Waals surface area contributed by atoms with E-state index in [1.807, 2.05) is 6.92 Å². The lowest BCUT2D eigenvalue weighted by Gasteiger charge is -2.26. The second-order valence-electron chi connectivity index (χ2n) is 3.91. The molecule has 0 radical (unpaired) electrons. The lowest BCUT2D eigenvalue weighted by atomic mass is 9.91. The molecule has 2 saturated heterocycles. The topological polar surface area (TPSA) is 29.5 Å². The summed E-state index contributed by atoms with van der Waals surface area (Å²) in [5.74, 6) is 0.164. The Morgan fingerprint density at radius 3 is 3.08 bits per heavy atom. The summed E-state index contributed by atoms with van der Waals surface area (Å²) in [4.78, 5) is 13.6. The van der Waals surface area contributed by atoms with E-state index in [-0.39, 0.29) is 5.78 Å². The molecule has 2 aliphatic rings. The van der Waals surface area contributed by atoms with E-state index in [1.165, 1.54) is 6.42 Å². The van der Waals surface area contributed by atoms with E-state index in [0.29, 0.717) is 12.8 Å². The standard InChI is InChI=1S/C9H15NO2/c1-7(11)9(2)8-4-3-5-10(8)6-12-9/h8H,3-6H2,1-2H3/t8-,9-/m0/s1. The van der Waals surface area contributed by atoms with E-state index in [9.17, 15) is 4.79 Å². The van der Waals surface area contributed by atoms with Crippen LogP contribution in [0.1, 0.15) is 26.7 Å². The Labute approximate surface area is 72.7 Å². The Morgan fingerprint density at radius 2 is 2.42 bits per heavy atom. The molecule has 0 bridgehead atoms. The van der Waals surface area contributed by atoms with Crippen molar-refractivity contribution >= 4 is 5.78 Å². The van der Waals surface area contributed by atoms with E-state index < -0.39 is 5.60 Å². The highest BCUT2D eigenvalue weighted by Crippen LogP contribution is 2.35. The van der Waals surface area contributed by atoms with Crippen molar-refractivity contribution < 1.29 is 9.53 Å². The van der Waals surface area contributed by atoms with Gasteiger partial charge in [-0.05, 0) is 26.7 Å². The van der Waals surface area contributed by atoms with Gasteiger partial charge in [-0.15, -0.1) is 0 Å². The highest BCUT2D eigenvalue weighted by Gasteiger charge is 2.50. The Kier molecular flexibility index (Phi) is 1.73. The molecule has 3 nitrogen and oxygen atoms in total. The Morgan fingerprint density at radius 1 is 1.67 bits per heavy atom. The summed E-state index contributed by atoms with van der Waals surface area (Å²) in [5, 5.41) is 0. The quantitative estimate of drug-likeness (QED) is 0.581. The number of hydrogen-bond acceptors (Lipinski definition) is 3. The molecule has 0 unspecified atom stereocenters. The molecule has 0 aromatic carbocycles. The molecule has 0 aromatic heterocycles. The highest BCUT2D eigenvalue weighted by atomic mass is 16.5. The first-order chi connectivity index (χ1) is 5.64. The fraction of sp³-hybridized carbons (Fsp3) is 0.889.